The predicted molar refractivity (Wildman–Crippen MR) is 104 cm³/mol. The minimum atomic E-state index is -0.868. The Morgan fingerprint density at radius 2 is 2.04 bits per heavy atom. The Morgan fingerprint density at radius 1 is 1.29 bits per heavy atom. The molecule has 6 heteroatoms. The maximum atomic E-state index is 12.1. The molecule has 1 aromatic rings. The van der Waals surface area contributed by atoms with Crippen LogP contribution in [0.15, 0.2) is 60.4 Å². The SMILES string of the molecule is O=C(O)CCC=C=CC[C@H]1C(=O)C[C@H](O)[C@@H]1C=CC(O)COc1ccccc1. The molecule has 1 aromatic carbocycles. The Hall–Kier alpha value is -2.66. The van der Waals surface area contributed by atoms with Gasteiger partial charge < -0.3 is 20.1 Å². The van der Waals surface area contributed by atoms with Gasteiger partial charge in [0.05, 0.1) is 6.10 Å². The van der Waals surface area contributed by atoms with Gasteiger partial charge in [-0.3, -0.25) is 9.59 Å². The van der Waals surface area contributed by atoms with Gasteiger partial charge in [0.25, 0.3) is 0 Å². The molecule has 1 aliphatic carbocycles. The van der Waals surface area contributed by atoms with Crippen molar-refractivity contribution in [3.05, 3.63) is 60.4 Å². The number of benzene rings is 1. The summed E-state index contributed by atoms with van der Waals surface area (Å²) in [5, 5.41) is 28.8. The Morgan fingerprint density at radius 3 is 2.75 bits per heavy atom. The number of carboxylic acids is 1. The summed E-state index contributed by atoms with van der Waals surface area (Å²) in [5.41, 5.74) is 2.89. The van der Waals surface area contributed by atoms with Crippen molar-refractivity contribution in [3.63, 3.8) is 0 Å². The van der Waals surface area contributed by atoms with E-state index in [9.17, 15) is 19.8 Å². The van der Waals surface area contributed by atoms with Gasteiger partial charge in [0.15, 0.2) is 0 Å². The van der Waals surface area contributed by atoms with Crippen molar-refractivity contribution >= 4 is 11.8 Å². The van der Waals surface area contributed by atoms with Gasteiger partial charge in [-0.2, -0.15) is 0 Å². The van der Waals surface area contributed by atoms with Crippen LogP contribution in [0.1, 0.15) is 25.7 Å². The molecule has 1 aliphatic rings. The molecule has 1 fully saturated rings. The second-order valence-electron chi connectivity index (χ2n) is 6.74. The quantitative estimate of drug-likeness (QED) is 0.422. The second kappa shape index (κ2) is 11.2. The molecule has 0 saturated heterocycles. The predicted octanol–water partition coefficient (Wildman–Crippen LogP) is 2.51. The number of hydrogen-bond donors (Lipinski definition) is 3. The Bertz CT molecular complexity index is 733. The first kappa shape index (κ1) is 21.6. The van der Waals surface area contributed by atoms with Crippen LogP contribution in [-0.2, 0) is 9.59 Å². The summed E-state index contributed by atoms with van der Waals surface area (Å²) < 4.78 is 5.48. The lowest BCUT2D eigenvalue weighted by molar-refractivity contribution is -0.136. The Labute approximate surface area is 164 Å². The van der Waals surface area contributed by atoms with Crippen molar-refractivity contribution in [2.24, 2.45) is 11.8 Å². The van der Waals surface area contributed by atoms with Gasteiger partial charge in [-0.1, -0.05) is 30.4 Å². The van der Waals surface area contributed by atoms with Gasteiger partial charge in [-0.05, 0) is 37.1 Å². The summed E-state index contributed by atoms with van der Waals surface area (Å²) in [7, 11) is 0. The number of aliphatic hydroxyl groups excluding tert-OH is 2. The number of para-hydroxylation sites is 1. The summed E-state index contributed by atoms with van der Waals surface area (Å²) in [6, 6.07) is 9.14. The molecule has 4 atom stereocenters. The van der Waals surface area contributed by atoms with Crippen LogP contribution in [0, 0.1) is 11.8 Å². The van der Waals surface area contributed by atoms with Crippen molar-refractivity contribution in [1.82, 2.24) is 0 Å². The highest BCUT2D eigenvalue weighted by molar-refractivity contribution is 5.84. The third kappa shape index (κ3) is 7.16. The molecule has 150 valence electrons. The zero-order chi connectivity index (χ0) is 20.4. The normalized spacial score (nSPS) is 22.6. The van der Waals surface area contributed by atoms with Crippen LogP contribution in [-0.4, -0.2) is 45.9 Å². The topological polar surface area (TPSA) is 104 Å². The largest absolute Gasteiger partial charge is 0.491 e. The van der Waals surface area contributed by atoms with Crippen molar-refractivity contribution in [2.75, 3.05) is 6.61 Å². The van der Waals surface area contributed by atoms with E-state index in [1.807, 2.05) is 18.2 Å². The van der Waals surface area contributed by atoms with Crippen LogP contribution in [0.25, 0.3) is 0 Å². The molecule has 1 unspecified atom stereocenters. The smallest absolute Gasteiger partial charge is 0.303 e. The van der Waals surface area contributed by atoms with Gasteiger partial charge in [0.2, 0.25) is 0 Å². The number of Topliss-reactive ketones (excluding diaryl/α,β-unsaturated/α-hetero) is 1. The van der Waals surface area contributed by atoms with E-state index in [4.69, 9.17) is 9.84 Å². The molecule has 0 aromatic heterocycles. The fraction of sp³-hybridized carbons (Fsp3) is 0.409. The maximum absolute atomic E-state index is 12.1. The van der Waals surface area contributed by atoms with Crippen molar-refractivity contribution in [1.29, 1.82) is 0 Å². The highest BCUT2D eigenvalue weighted by atomic mass is 16.5. The molecule has 0 aliphatic heterocycles. The average molecular weight is 386 g/mol. The number of carbonyl (C=O) groups excluding carboxylic acids is 1. The zero-order valence-electron chi connectivity index (χ0n) is 15.6. The number of allylic oxidation sites excluding steroid dienone is 1. The summed E-state index contributed by atoms with van der Waals surface area (Å²) in [5.74, 6) is -0.999. The number of ketones is 1. The summed E-state index contributed by atoms with van der Waals surface area (Å²) in [6.45, 7) is 0.0775. The van der Waals surface area contributed by atoms with Crippen molar-refractivity contribution in [3.8, 4) is 5.75 Å². The number of aliphatic carboxylic acids is 1. The van der Waals surface area contributed by atoms with Crippen molar-refractivity contribution in [2.45, 2.75) is 37.9 Å². The lowest BCUT2D eigenvalue weighted by Gasteiger charge is -2.16. The van der Waals surface area contributed by atoms with Gasteiger partial charge in [0.1, 0.15) is 24.2 Å². The van der Waals surface area contributed by atoms with Crippen LogP contribution >= 0.6 is 0 Å². The van der Waals surface area contributed by atoms with Gasteiger partial charge in [-0.15, -0.1) is 5.73 Å². The molecule has 6 nitrogen and oxygen atoms in total. The van der Waals surface area contributed by atoms with E-state index in [0.717, 1.165) is 0 Å². The average Bonchev–Trinajstić information content (AvgIpc) is 2.94. The van der Waals surface area contributed by atoms with Gasteiger partial charge in [0, 0.05) is 24.7 Å². The highest BCUT2D eigenvalue weighted by Crippen LogP contribution is 2.33. The molecule has 0 amide bonds. The summed E-state index contributed by atoms with van der Waals surface area (Å²) in [6.07, 6.45) is 5.84. The molecule has 3 N–H and O–H groups in total. The standard InChI is InChI=1S/C22H26O6/c23-16(15-28-17-8-4-3-5-9-17)12-13-19-18(20(24)14-21(19)25)10-6-1-2-7-11-22(26)27/h2-6,8-9,12-13,16,18-19,21,23,25H,7,10-11,14-15H2,(H,26,27)/t1?,16?,18-,19-,21+/m1/s1. The Balaban J connectivity index is 1.87. The number of ether oxygens (including phenoxy) is 1. The van der Waals surface area contributed by atoms with E-state index in [-0.39, 0.29) is 37.1 Å². The molecular weight excluding hydrogens is 360 g/mol. The minimum absolute atomic E-state index is 0.0271. The monoisotopic (exact) mass is 386 g/mol. The fourth-order valence-electron chi connectivity index (χ4n) is 3.10. The number of aliphatic hydroxyl groups is 2. The lowest BCUT2D eigenvalue weighted by Crippen LogP contribution is -2.20. The summed E-state index contributed by atoms with van der Waals surface area (Å²) >= 11 is 0. The molecule has 0 spiro atoms. The second-order valence-corrected chi connectivity index (χ2v) is 6.74. The van der Waals surface area contributed by atoms with Crippen LogP contribution in [0.4, 0.5) is 0 Å². The van der Waals surface area contributed by atoms with E-state index < -0.39 is 18.2 Å². The molecular formula is C22H26O6. The first-order valence-electron chi connectivity index (χ1n) is 9.33. The van der Waals surface area contributed by atoms with E-state index >= 15 is 0 Å². The molecule has 1 saturated carbocycles. The van der Waals surface area contributed by atoms with Crippen LogP contribution in [0.2, 0.25) is 0 Å². The first-order chi connectivity index (χ1) is 13.5. The third-order valence-electron chi connectivity index (χ3n) is 4.56. The van der Waals surface area contributed by atoms with Gasteiger partial charge in [-0.25, -0.2) is 0 Å². The molecule has 0 heterocycles. The van der Waals surface area contributed by atoms with E-state index in [2.05, 4.69) is 5.73 Å². The van der Waals surface area contributed by atoms with E-state index in [1.165, 1.54) is 0 Å². The van der Waals surface area contributed by atoms with Crippen molar-refractivity contribution < 1.29 is 29.6 Å². The Kier molecular flexibility index (Phi) is 8.69. The number of carbonyl (C=O) groups is 2. The molecule has 0 radical (unpaired) electrons. The lowest BCUT2D eigenvalue weighted by atomic mass is 9.90. The number of hydrogen-bond acceptors (Lipinski definition) is 5. The van der Waals surface area contributed by atoms with Gasteiger partial charge >= 0.3 is 5.97 Å². The molecule has 2 rings (SSSR count). The van der Waals surface area contributed by atoms with Crippen LogP contribution in [0.3, 0.4) is 0 Å². The third-order valence-corrected chi connectivity index (χ3v) is 4.56. The number of carboxylic acid groups (broad SMARTS) is 1. The van der Waals surface area contributed by atoms with Crippen LogP contribution < -0.4 is 4.74 Å². The fourth-order valence-corrected chi connectivity index (χ4v) is 3.10. The summed E-state index contributed by atoms with van der Waals surface area (Å²) in [4.78, 5) is 22.6. The van der Waals surface area contributed by atoms with Crippen LogP contribution in [0.5, 0.6) is 5.75 Å². The highest BCUT2D eigenvalue weighted by Gasteiger charge is 2.39. The molecule has 0 bridgehead atoms. The number of rotatable bonds is 10. The zero-order valence-corrected chi connectivity index (χ0v) is 15.6. The molecule has 28 heavy (non-hydrogen) atoms. The minimum Gasteiger partial charge on any atom is -0.491 e. The van der Waals surface area contributed by atoms with E-state index in [0.29, 0.717) is 18.6 Å². The van der Waals surface area contributed by atoms with E-state index in [1.54, 1.807) is 36.4 Å². The first-order valence-corrected chi connectivity index (χ1v) is 9.33. The maximum Gasteiger partial charge on any atom is 0.303 e.